The van der Waals surface area contributed by atoms with Crippen molar-refractivity contribution in [3.63, 3.8) is 0 Å². The molecule has 1 amide bonds. The van der Waals surface area contributed by atoms with Crippen molar-refractivity contribution in [2.45, 2.75) is 31.4 Å². The number of rotatable bonds is 4. The Labute approximate surface area is 112 Å². The van der Waals surface area contributed by atoms with Gasteiger partial charge in [0.05, 0.1) is 12.7 Å². The van der Waals surface area contributed by atoms with Gasteiger partial charge in [0, 0.05) is 18.7 Å². The van der Waals surface area contributed by atoms with E-state index in [1.807, 2.05) is 0 Å². The molecular weight excluding hydrogens is 270 g/mol. The average molecular weight is 285 g/mol. The molecule has 1 aliphatic rings. The number of primary amides is 1. The molecule has 0 radical (unpaired) electrons. The van der Waals surface area contributed by atoms with E-state index in [0.29, 0.717) is 4.57 Å². The number of aliphatic hydroxyl groups is 2. The van der Waals surface area contributed by atoms with Crippen LogP contribution in [0, 0.1) is 0 Å². The minimum absolute atomic E-state index is 0.0971. The zero-order valence-electron chi connectivity index (χ0n) is 10.5. The van der Waals surface area contributed by atoms with Gasteiger partial charge in [-0.1, -0.05) is 0 Å². The highest BCUT2D eigenvalue weighted by Gasteiger charge is 2.35. The first-order valence-corrected chi connectivity index (χ1v) is 5.98. The lowest BCUT2D eigenvalue weighted by Crippen LogP contribution is -2.43. The molecule has 1 fully saturated rings. The molecule has 110 valence electrons. The van der Waals surface area contributed by atoms with Crippen LogP contribution in [0.1, 0.15) is 12.6 Å². The molecule has 0 unspecified atom stereocenters. The normalized spacial score (nSPS) is 25.8. The predicted octanol–water partition coefficient (Wildman–Crippen LogP) is -2.86. The molecule has 1 aromatic heterocycles. The molecule has 4 N–H and O–H groups in total. The molecule has 20 heavy (non-hydrogen) atoms. The molecule has 9 heteroatoms. The lowest BCUT2D eigenvalue weighted by atomic mass is 10.2. The van der Waals surface area contributed by atoms with Crippen molar-refractivity contribution in [3.05, 3.63) is 33.1 Å². The number of nitrogens with zero attached hydrogens (tertiary/aromatic N) is 2. The second-order valence-corrected chi connectivity index (χ2v) is 4.51. The smallest absolute Gasteiger partial charge is 0.333 e. The van der Waals surface area contributed by atoms with Crippen LogP contribution in [0.15, 0.2) is 21.9 Å². The Morgan fingerprint density at radius 3 is 2.75 bits per heavy atom. The predicted molar refractivity (Wildman–Crippen MR) is 65.8 cm³/mol. The maximum Gasteiger partial charge on any atom is 0.333 e. The topological polar surface area (TPSA) is 137 Å². The molecule has 9 nitrogen and oxygen atoms in total. The maximum absolute atomic E-state index is 12.1. The van der Waals surface area contributed by atoms with Gasteiger partial charge in [-0.15, -0.1) is 0 Å². The Kier molecular flexibility index (Phi) is 4.02. The summed E-state index contributed by atoms with van der Waals surface area (Å²) in [5, 5.41) is 18.6. The molecule has 1 saturated heterocycles. The first-order chi connectivity index (χ1) is 9.43. The number of hydrogen-bond donors (Lipinski definition) is 3. The summed E-state index contributed by atoms with van der Waals surface area (Å²) in [5.41, 5.74) is 3.57. The highest BCUT2D eigenvalue weighted by Crippen LogP contribution is 2.26. The van der Waals surface area contributed by atoms with Crippen molar-refractivity contribution in [2.24, 2.45) is 5.73 Å². The summed E-state index contributed by atoms with van der Waals surface area (Å²) in [5.74, 6) is -0.817. The van der Waals surface area contributed by atoms with Crippen molar-refractivity contribution < 1.29 is 19.7 Å². The van der Waals surface area contributed by atoms with Crippen LogP contribution >= 0.6 is 0 Å². The highest BCUT2D eigenvalue weighted by atomic mass is 16.5. The van der Waals surface area contributed by atoms with Gasteiger partial charge < -0.3 is 20.7 Å². The van der Waals surface area contributed by atoms with Gasteiger partial charge in [-0.05, 0) is 0 Å². The van der Waals surface area contributed by atoms with E-state index in [4.69, 9.17) is 15.6 Å². The van der Waals surface area contributed by atoms with Crippen LogP contribution in [-0.4, -0.2) is 44.1 Å². The highest BCUT2D eigenvalue weighted by molar-refractivity contribution is 5.73. The minimum Gasteiger partial charge on any atom is -0.394 e. The first-order valence-electron chi connectivity index (χ1n) is 5.98. The number of aliphatic hydroxyl groups excluding tert-OH is 2. The van der Waals surface area contributed by atoms with Gasteiger partial charge in [0.1, 0.15) is 18.9 Å². The van der Waals surface area contributed by atoms with E-state index < -0.39 is 42.1 Å². The van der Waals surface area contributed by atoms with E-state index in [1.165, 1.54) is 6.20 Å². The molecule has 1 aromatic rings. The Balaban J connectivity index is 2.37. The quantitative estimate of drug-likeness (QED) is 0.544. The Morgan fingerprint density at radius 1 is 1.50 bits per heavy atom. The van der Waals surface area contributed by atoms with Crippen molar-refractivity contribution >= 4 is 5.91 Å². The zero-order chi connectivity index (χ0) is 14.9. The molecule has 2 heterocycles. The number of nitrogens with two attached hydrogens (primary N) is 1. The third-order valence-corrected chi connectivity index (χ3v) is 3.10. The van der Waals surface area contributed by atoms with Crippen LogP contribution in [0.25, 0.3) is 0 Å². The second kappa shape index (κ2) is 5.57. The fourth-order valence-electron chi connectivity index (χ4n) is 2.10. The van der Waals surface area contributed by atoms with Gasteiger partial charge in [0.15, 0.2) is 0 Å². The van der Waals surface area contributed by atoms with E-state index in [1.54, 1.807) is 0 Å². The summed E-state index contributed by atoms with van der Waals surface area (Å²) in [6, 6.07) is 1.10. The largest absolute Gasteiger partial charge is 0.394 e. The van der Waals surface area contributed by atoms with Crippen molar-refractivity contribution in [2.75, 3.05) is 6.61 Å². The minimum atomic E-state index is -0.909. The fraction of sp³-hybridized carbons (Fsp3) is 0.545. The molecule has 0 bridgehead atoms. The summed E-state index contributed by atoms with van der Waals surface area (Å²) >= 11 is 0. The number of amides is 1. The molecular formula is C11H15N3O6. The van der Waals surface area contributed by atoms with Crippen LogP contribution in [-0.2, 0) is 16.1 Å². The summed E-state index contributed by atoms with van der Waals surface area (Å²) in [6.45, 7) is -0.912. The lowest BCUT2D eigenvalue weighted by molar-refractivity contribution is -0.118. The molecule has 0 spiro atoms. The van der Waals surface area contributed by atoms with E-state index in [0.717, 1.165) is 10.6 Å². The summed E-state index contributed by atoms with van der Waals surface area (Å²) in [4.78, 5) is 34.5. The van der Waals surface area contributed by atoms with E-state index in [9.17, 15) is 19.5 Å². The average Bonchev–Trinajstić information content (AvgIpc) is 2.75. The number of aromatic nitrogens is 2. The fourth-order valence-corrected chi connectivity index (χ4v) is 2.10. The van der Waals surface area contributed by atoms with Crippen molar-refractivity contribution in [3.8, 4) is 0 Å². The van der Waals surface area contributed by atoms with Gasteiger partial charge >= 0.3 is 5.69 Å². The molecule has 2 rings (SSSR count). The van der Waals surface area contributed by atoms with Crippen LogP contribution in [0.4, 0.5) is 0 Å². The maximum atomic E-state index is 12.1. The van der Waals surface area contributed by atoms with Crippen molar-refractivity contribution in [1.29, 1.82) is 0 Å². The van der Waals surface area contributed by atoms with Gasteiger partial charge in [-0.2, -0.15) is 0 Å². The van der Waals surface area contributed by atoms with Crippen LogP contribution in [0.5, 0.6) is 0 Å². The molecule has 0 aromatic carbocycles. The summed E-state index contributed by atoms with van der Waals surface area (Å²) in [6.07, 6.45) is -1.19. The first kappa shape index (κ1) is 14.4. The molecule has 0 saturated carbocycles. The third kappa shape index (κ3) is 2.64. The zero-order valence-corrected chi connectivity index (χ0v) is 10.5. The monoisotopic (exact) mass is 285 g/mol. The molecule has 0 aliphatic carbocycles. The van der Waals surface area contributed by atoms with Gasteiger partial charge in [-0.25, -0.2) is 4.79 Å². The number of hydrogen-bond acceptors (Lipinski definition) is 6. The standard InChI is InChI=1S/C11H15N3O6/c12-8(17)4-14-9(18)1-2-13(11(14)19)10-3-6(16)7(5-15)20-10/h1-2,6-7,10,15-16H,3-5H2,(H2,12,17)/t6-,7+,10+/m0/s1. The second-order valence-electron chi connectivity index (χ2n) is 4.51. The van der Waals surface area contributed by atoms with Crippen molar-refractivity contribution in [1.82, 2.24) is 9.13 Å². The number of carbonyl (C=O) groups is 1. The Morgan fingerprint density at radius 2 is 2.20 bits per heavy atom. The number of ether oxygens (including phenoxy) is 1. The van der Waals surface area contributed by atoms with E-state index >= 15 is 0 Å². The summed E-state index contributed by atoms with van der Waals surface area (Å²) < 4.78 is 7.09. The number of carbonyl (C=O) groups excluding carboxylic acids is 1. The van der Waals surface area contributed by atoms with E-state index in [-0.39, 0.29) is 13.0 Å². The third-order valence-electron chi connectivity index (χ3n) is 3.10. The van der Waals surface area contributed by atoms with Gasteiger partial charge in [0.2, 0.25) is 5.91 Å². The van der Waals surface area contributed by atoms with Gasteiger partial charge in [-0.3, -0.25) is 18.7 Å². The Hall–Kier alpha value is -1.97. The Bertz CT molecular complexity index is 621. The SMILES string of the molecule is NC(=O)Cn1c(=O)ccn([C@H]2C[C@H](O)[C@@H](CO)O2)c1=O. The lowest BCUT2D eigenvalue weighted by Gasteiger charge is -2.15. The molecule has 1 aliphatic heterocycles. The van der Waals surface area contributed by atoms with Crippen LogP contribution in [0.2, 0.25) is 0 Å². The molecule has 3 atom stereocenters. The van der Waals surface area contributed by atoms with E-state index in [2.05, 4.69) is 0 Å². The van der Waals surface area contributed by atoms with Crippen LogP contribution in [0.3, 0.4) is 0 Å². The summed E-state index contributed by atoms with van der Waals surface area (Å²) in [7, 11) is 0. The van der Waals surface area contributed by atoms with Crippen LogP contribution < -0.4 is 17.0 Å². The van der Waals surface area contributed by atoms with Gasteiger partial charge in [0.25, 0.3) is 5.56 Å².